The highest BCUT2D eigenvalue weighted by Crippen LogP contribution is 2.26. The van der Waals surface area contributed by atoms with Crippen LogP contribution in [-0.4, -0.2) is 36.6 Å². The molecule has 4 aromatic rings. The summed E-state index contributed by atoms with van der Waals surface area (Å²) >= 11 is 7.24. The number of carbonyl (C=O) groups excluding carboxylic acids is 1. The Hall–Kier alpha value is -2.91. The number of anilines is 1. The minimum Gasteiger partial charge on any atom is -0.360 e. The largest absolute Gasteiger partial charge is 0.360 e. The lowest BCUT2D eigenvalue weighted by Crippen LogP contribution is -2.14. The van der Waals surface area contributed by atoms with Crippen LogP contribution in [0.3, 0.4) is 0 Å². The number of halogens is 1. The van der Waals surface area contributed by atoms with E-state index >= 15 is 0 Å². The summed E-state index contributed by atoms with van der Waals surface area (Å²) in [6.07, 6.45) is 3.14. The number of nitrogens with one attached hydrogen (secondary N) is 1. The molecule has 4 rings (SSSR count). The Kier molecular flexibility index (Phi) is 4.78. The first-order chi connectivity index (χ1) is 13.1. The van der Waals surface area contributed by atoms with Gasteiger partial charge in [-0.25, -0.2) is 14.6 Å². The van der Waals surface area contributed by atoms with Gasteiger partial charge in [-0.15, -0.1) is 0 Å². The molecule has 27 heavy (non-hydrogen) atoms. The van der Waals surface area contributed by atoms with E-state index < -0.39 is 0 Å². The van der Waals surface area contributed by atoms with Crippen molar-refractivity contribution in [2.24, 2.45) is 0 Å². The maximum Gasteiger partial charge on any atom is 0.236 e. The molecule has 0 saturated carbocycles. The van der Waals surface area contributed by atoms with Crippen molar-refractivity contribution in [1.82, 2.24) is 24.9 Å². The molecular formula is C17H13ClN6O2S. The molecule has 0 radical (unpaired) electrons. The second-order valence-electron chi connectivity index (χ2n) is 5.61. The number of benzene rings is 1. The first kappa shape index (κ1) is 17.5. The zero-order valence-electron chi connectivity index (χ0n) is 14.1. The standard InChI is InChI=1S/C17H13ClN6O2S/c1-10-6-14(23-26-10)22-15(25)8-27-17-13-7-21-24(16(13)19-9-20-17)12-4-2-11(18)3-5-12/h2-7,9H,8H2,1H3,(H,22,23,25). The number of fused-ring (bicyclic) bond motifs is 1. The zero-order valence-corrected chi connectivity index (χ0v) is 15.7. The van der Waals surface area contributed by atoms with Gasteiger partial charge in [0.25, 0.3) is 0 Å². The topological polar surface area (TPSA) is 98.7 Å². The maximum atomic E-state index is 12.1. The van der Waals surface area contributed by atoms with Gasteiger partial charge in [0, 0.05) is 11.1 Å². The summed E-state index contributed by atoms with van der Waals surface area (Å²) in [7, 11) is 0. The molecule has 3 heterocycles. The van der Waals surface area contributed by atoms with Crippen LogP contribution in [0.2, 0.25) is 5.02 Å². The van der Waals surface area contributed by atoms with Crippen LogP contribution in [0.4, 0.5) is 5.82 Å². The van der Waals surface area contributed by atoms with Crippen molar-refractivity contribution in [2.75, 3.05) is 11.1 Å². The molecule has 136 valence electrons. The SMILES string of the molecule is Cc1cc(NC(=O)CSc2ncnc3c2cnn3-c2ccc(Cl)cc2)no1. The monoisotopic (exact) mass is 400 g/mol. The molecule has 0 saturated heterocycles. The van der Waals surface area contributed by atoms with Crippen LogP contribution in [0, 0.1) is 6.92 Å². The van der Waals surface area contributed by atoms with Crippen molar-refractivity contribution in [3.8, 4) is 5.69 Å². The Morgan fingerprint density at radius 3 is 2.85 bits per heavy atom. The average molecular weight is 401 g/mol. The van der Waals surface area contributed by atoms with Crippen LogP contribution in [0.15, 0.2) is 52.4 Å². The predicted molar refractivity (Wildman–Crippen MR) is 102 cm³/mol. The Bertz CT molecular complexity index is 1110. The van der Waals surface area contributed by atoms with Gasteiger partial charge >= 0.3 is 0 Å². The van der Waals surface area contributed by atoms with E-state index in [9.17, 15) is 4.79 Å². The van der Waals surface area contributed by atoms with E-state index in [-0.39, 0.29) is 11.7 Å². The van der Waals surface area contributed by atoms with Crippen LogP contribution in [0.25, 0.3) is 16.7 Å². The smallest absolute Gasteiger partial charge is 0.236 e. The molecule has 0 atom stereocenters. The highest BCUT2D eigenvalue weighted by molar-refractivity contribution is 8.00. The van der Waals surface area contributed by atoms with Gasteiger partial charge in [-0.1, -0.05) is 28.5 Å². The summed E-state index contributed by atoms with van der Waals surface area (Å²) < 4.78 is 6.63. The molecule has 3 aromatic heterocycles. The van der Waals surface area contributed by atoms with Crippen molar-refractivity contribution >= 4 is 46.1 Å². The van der Waals surface area contributed by atoms with E-state index in [1.54, 1.807) is 36.0 Å². The Morgan fingerprint density at radius 2 is 2.11 bits per heavy atom. The lowest BCUT2D eigenvalue weighted by Gasteiger charge is -2.04. The first-order valence-corrected chi connectivity index (χ1v) is 9.27. The van der Waals surface area contributed by atoms with Crippen LogP contribution in [0.5, 0.6) is 0 Å². The number of aryl methyl sites for hydroxylation is 1. The summed E-state index contributed by atoms with van der Waals surface area (Å²) in [4.78, 5) is 20.7. The summed E-state index contributed by atoms with van der Waals surface area (Å²) in [5.41, 5.74) is 1.49. The van der Waals surface area contributed by atoms with E-state index in [0.29, 0.717) is 27.3 Å². The van der Waals surface area contributed by atoms with E-state index in [1.165, 1.54) is 18.1 Å². The number of hydrogen-bond acceptors (Lipinski definition) is 7. The van der Waals surface area contributed by atoms with Gasteiger partial charge in [0.15, 0.2) is 11.5 Å². The third-order valence-electron chi connectivity index (χ3n) is 3.64. The van der Waals surface area contributed by atoms with Gasteiger partial charge in [0.1, 0.15) is 17.1 Å². The molecule has 1 amide bonds. The Labute approximate surface area is 162 Å². The van der Waals surface area contributed by atoms with Crippen LogP contribution in [-0.2, 0) is 4.79 Å². The lowest BCUT2D eigenvalue weighted by atomic mass is 10.3. The van der Waals surface area contributed by atoms with E-state index in [1.807, 2.05) is 12.1 Å². The lowest BCUT2D eigenvalue weighted by molar-refractivity contribution is -0.113. The number of nitrogens with zero attached hydrogens (tertiary/aromatic N) is 5. The number of rotatable bonds is 5. The Balaban J connectivity index is 1.52. The normalized spacial score (nSPS) is 11.0. The molecule has 0 unspecified atom stereocenters. The number of carbonyl (C=O) groups is 1. The molecule has 8 nitrogen and oxygen atoms in total. The van der Waals surface area contributed by atoms with Crippen LogP contribution in [0.1, 0.15) is 5.76 Å². The quantitative estimate of drug-likeness (QED) is 0.404. The van der Waals surface area contributed by atoms with E-state index in [2.05, 4.69) is 25.5 Å². The van der Waals surface area contributed by atoms with E-state index in [4.69, 9.17) is 16.1 Å². The number of thioether (sulfide) groups is 1. The summed E-state index contributed by atoms with van der Waals surface area (Å²) in [5, 5.41) is 12.9. The third-order valence-corrected chi connectivity index (χ3v) is 4.89. The van der Waals surface area contributed by atoms with Gasteiger partial charge in [-0.05, 0) is 31.2 Å². The fourth-order valence-electron chi connectivity index (χ4n) is 2.45. The van der Waals surface area contributed by atoms with Crippen molar-refractivity contribution in [3.05, 3.63) is 53.6 Å². The fourth-order valence-corrected chi connectivity index (χ4v) is 3.33. The van der Waals surface area contributed by atoms with Crippen molar-refractivity contribution in [1.29, 1.82) is 0 Å². The van der Waals surface area contributed by atoms with Crippen molar-refractivity contribution in [2.45, 2.75) is 11.9 Å². The molecule has 0 fully saturated rings. The minimum absolute atomic E-state index is 0.171. The summed E-state index contributed by atoms with van der Waals surface area (Å²) in [6, 6.07) is 8.95. The van der Waals surface area contributed by atoms with E-state index in [0.717, 1.165) is 11.1 Å². The number of amides is 1. The van der Waals surface area contributed by atoms with Crippen LogP contribution >= 0.6 is 23.4 Å². The molecular weight excluding hydrogens is 388 g/mol. The molecule has 1 N–H and O–H groups in total. The molecule has 10 heteroatoms. The Morgan fingerprint density at radius 1 is 1.30 bits per heavy atom. The van der Waals surface area contributed by atoms with Crippen molar-refractivity contribution in [3.63, 3.8) is 0 Å². The highest BCUT2D eigenvalue weighted by atomic mass is 35.5. The van der Waals surface area contributed by atoms with Gasteiger partial charge in [0.05, 0.1) is 23.0 Å². The fraction of sp³-hybridized carbons (Fsp3) is 0.118. The van der Waals surface area contributed by atoms with Crippen molar-refractivity contribution < 1.29 is 9.32 Å². The van der Waals surface area contributed by atoms with Gasteiger partial charge in [-0.2, -0.15) is 5.10 Å². The van der Waals surface area contributed by atoms with Gasteiger partial charge in [-0.3, -0.25) is 4.79 Å². The van der Waals surface area contributed by atoms with Gasteiger partial charge < -0.3 is 9.84 Å². The average Bonchev–Trinajstić information content (AvgIpc) is 3.27. The molecule has 1 aromatic carbocycles. The summed E-state index contributed by atoms with van der Waals surface area (Å²) in [5.74, 6) is 0.987. The molecule has 0 spiro atoms. The second-order valence-corrected chi connectivity index (χ2v) is 7.01. The van der Waals surface area contributed by atoms with Crippen LogP contribution < -0.4 is 5.32 Å². The number of aromatic nitrogens is 5. The molecule has 0 aliphatic carbocycles. The maximum absolute atomic E-state index is 12.1. The minimum atomic E-state index is -0.204. The third kappa shape index (κ3) is 3.79. The molecule has 0 aliphatic rings. The number of hydrogen-bond donors (Lipinski definition) is 1. The second kappa shape index (κ2) is 7.37. The predicted octanol–water partition coefficient (Wildman–Crippen LogP) is 3.50. The molecule has 0 aliphatic heterocycles. The summed E-state index contributed by atoms with van der Waals surface area (Å²) in [6.45, 7) is 1.76. The van der Waals surface area contributed by atoms with Gasteiger partial charge in [0.2, 0.25) is 5.91 Å². The zero-order chi connectivity index (χ0) is 18.8. The highest BCUT2D eigenvalue weighted by Gasteiger charge is 2.14. The molecule has 0 bridgehead atoms. The first-order valence-electron chi connectivity index (χ1n) is 7.91.